The maximum Gasteiger partial charge on any atom is 0.343 e. The molecule has 0 aliphatic heterocycles. The summed E-state index contributed by atoms with van der Waals surface area (Å²) in [4.78, 5) is 15.9. The smallest absolute Gasteiger partial charge is 0.343 e. The number of aryl methyl sites for hydroxylation is 1. The number of nitrogens with zero attached hydrogens (tertiary/aromatic N) is 1. The molecule has 20 heavy (non-hydrogen) atoms. The van der Waals surface area contributed by atoms with Gasteiger partial charge in [0.05, 0.1) is 12.3 Å². The van der Waals surface area contributed by atoms with E-state index in [9.17, 15) is 4.79 Å². The number of rotatable bonds is 4. The van der Waals surface area contributed by atoms with Gasteiger partial charge in [-0.05, 0) is 37.6 Å². The van der Waals surface area contributed by atoms with Gasteiger partial charge in [0.2, 0.25) is 5.88 Å². The first-order valence-corrected chi connectivity index (χ1v) is 6.28. The third-order valence-electron chi connectivity index (χ3n) is 2.71. The van der Waals surface area contributed by atoms with E-state index in [2.05, 4.69) is 4.98 Å². The number of ether oxygens (including phenoxy) is 2. The lowest BCUT2D eigenvalue weighted by atomic mass is 10.2. The highest BCUT2D eigenvalue weighted by Crippen LogP contribution is 2.31. The minimum atomic E-state index is -0.470. The van der Waals surface area contributed by atoms with Crippen molar-refractivity contribution in [3.05, 3.63) is 47.7 Å². The van der Waals surface area contributed by atoms with Crippen LogP contribution in [0, 0.1) is 6.92 Å². The summed E-state index contributed by atoms with van der Waals surface area (Å²) in [5, 5.41) is 0. The molecule has 0 atom stereocenters. The van der Waals surface area contributed by atoms with Crippen LogP contribution in [0.15, 0.2) is 36.5 Å². The van der Waals surface area contributed by atoms with Gasteiger partial charge in [0.25, 0.3) is 0 Å². The molecule has 2 N–H and O–H groups in total. The van der Waals surface area contributed by atoms with Crippen LogP contribution in [0.3, 0.4) is 0 Å². The van der Waals surface area contributed by atoms with Crippen LogP contribution in [0.5, 0.6) is 11.6 Å². The average molecular weight is 272 g/mol. The zero-order chi connectivity index (χ0) is 14.5. The van der Waals surface area contributed by atoms with Gasteiger partial charge in [0, 0.05) is 6.20 Å². The molecule has 2 rings (SSSR count). The van der Waals surface area contributed by atoms with E-state index in [0.717, 1.165) is 5.56 Å². The molecule has 1 heterocycles. The maximum absolute atomic E-state index is 11.9. The van der Waals surface area contributed by atoms with Gasteiger partial charge in [-0.15, -0.1) is 0 Å². The maximum atomic E-state index is 11.9. The number of aromatic nitrogens is 1. The molecule has 2 aromatic rings. The minimum Gasteiger partial charge on any atom is -0.462 e. The molecule has 1 aromatic carbocycles. The van der Waals surface area contributed by atoms with E-state index in [0.29, 0.717) is 18.0 Å². The van der Waals surface area contributed by atoms with Crippen LogP contribution >= 0.6 is 0 Å². The van der Waals surface area contributed by atoms with Crippen LogP contribution in [0.4, 0.5) is 5.69 Å². The van der Waals surface area contributed by atoms with Crippen LogP contribution < -0.4 is 10.5 Å². The van der Waals surface area contributed by atoms with Crippen molar-refractivity contribution in [3.63, 3.8) is 0 Å². The molecule has 0 saturated carbocycles. The molecule has 0 unspecified atom stereocenters. The van der Waals surface area contributed by atoms with Crippen LogP contribution in [0.2, 0.25) is 0 Å². The van der Waals surface area contributed by atoms with Crippen molar-refractivity contribution in [2.75, 3.05) is 12.3 Å². The number of hydrogen-bond acceptors (Lipinski definition) is 5. The Morgan fingerprint density at radius 3 is 2.80 bits per heavy atom. The summed E-state index contributed by atoms with van der Waals surface area (Å²) in [5.41, 5.74) is 7.52. The second-order valence-electron chi connectivity index (χ2n) is 4.17. The zero-order valence-corrected chi connectivity index (χ0v) is 11.4. The van der Waals surface area contributed by atoms with Crippen molar-refractivity contribution >= 4 is 11.7 Å². The van der Waals surface area contributed by atoms with E-state index in [1.54, 1.807) is 31.3 Å². The lowest BCUT2D eigenvalue weighted by molar-refractivity contribution is 0.0522. The van der Waals surface area contributed by atoms with Crippen molar-refractivity contribution in [2.45, 2.75) is 13.8 Å². The topological polar surface area (TPSA) is 74.4 Å². The number of carbonyl (C=O) groups is 1. The average Bonchev–Trinajstić information content (AvgIpc) is 2.44. The van der Waals surface area contributed by atoms with E-state index < -0.39 is 5.97 Å². The van der Waals surface area contributed by atoms with E-state index in [1.807, 2.05) is 19.1 Å². The lowest BCUT2D eigenvalue weighted by Crippen LogP contribution is -2.08. The van der Waals surface area contributed by atoms with E-state index >= 15 is 0 Å². The molecule has 1 aromatic heterocycles. The number of nitrogens with two attached hydrogens (primary N) is 1. The molecular weight excluding hydrogens is 256 g/mol. The summed E-state index contributed by atoms with van der Waals surface area (Å²) in [6.45, 7) is 3.91. The molecule has 0 spiro atoms. The Kier molecular flexibility index (Phi) is 4.20. The van der Waals surface area contributed by atoms with E-state index in [-0.39, 0.29) is 11.4 Å². The summed E-state index contributed by atoms with van der Waals surface area (Å²) in [7, 11) is 0. The molecular formula is C15H16N2O3. The number of hydrogen-bond donors (Lipinski definition) is 1. The molecule has 0 fully saturated rings. The monoisotopic (exact) mass is 272 g/mol. The summed E-state index contributed by atoms with van der Waals surface area (Å²) >= 11 is 0. The number of para-hydroxylation sites is 1. The lowest BCUT2D eigenvalue weighted by Gasteiger charge is -2.12. The van der Waals surface area contributed by atoms with Crippen molar-refractivity contribution in [1.29, 1.82) is 0 Å². The molecule has 0 aliphatic carbocycles. The zero-order valence-electron chi connectivity index (χ0n) is 11.4. The summed E-state index contributed by atoms with van der Waals surface area (Å²) in [5.74, 6) is 0.214. The molecule has 0 saturated heterocycles. The normalized spacial score (nSPS) is 10.1. The molecule has 0 aliphatic rings. The van der Waals surface area contributed by atoms with Crippen LogP contribution in [0.25, 0.3) is 0 Å². The van der Waals surface area contributed by atoms with Gasteiger partial charge in [-0.3, -0.25) is 0 Å². The van der Waals surface area contributed by atoms with Crippen LogP contribution in [-0.4, -0.2) is 17.6 Å². The van der Waals surface area contributed by atoms with Gasteiger partial charge in [-0.2, -0.15) is 0 Å². The second kappa shape index (κ2) is 6.06. The second-order valence-corrected chi connectivity index (χ2v) is 4.17. The van der Waals surface area contributed by atoms with Crippen molar-refractivity contribution in [2.24, 2.45) is 0 Å². The fourth-order valence-electron chi connectivity index (χ4n) is 1.75. The third-order valence-corrected chi connectivity index (χ3v) is 2.71. The number of carbonyl (C=O) groups excluding carboxylic acids is 1. The SMILES string of the molecule is CCOC(=O)c1cccnc1Oc1c(C)cccc1N. The summed E-state index contributed by atoms with van der Waals surface area (Å²) in [6.07, 6.45) is 1.55. The highest BCUT2D eigenvalue weighted by molar-refractivity contribution is 5.92. The third kappa shape index (κ3) is 2.88. The quantitative estimate of drug-likeness (QED) is 0.684. The Hall–Kier alpha value is -2.56. The minimum absolute atomic E-state index is 0.187. The van der Waals surface area contributed by atoms with Crippen LogP contribution in [0.1, 0.15) is 22.8 Å². The van der Waals surface area contributed by atoms with Crippen LogP contribution in [-0.2, 0) is 4.74 Å². The van der Waals surface area contributed by atoms with Gasteiger partial charge in [-0.1, -0.05) is 12.1 Å². The van der Waals surface area contributed by atoms with Gasteiger partial charge in [0.1, 0.15) is 5.56 Å². The predicted octanol–water partition coefficient (Wildman–Crippen LogP) is 2.94. The Balaban J connectivity index is 2.37. The number of nitrogen functional groups attached to an aromatic ring is 1. The van der Waals surface area contributed by atoms with Crippen molar-refractivity contribution in [1.82, 2.24) is 4.98 Å². The number of benzene rings is 1. The Labute approximate surface area is 117 Å². The Bertz CT molecular complexity index is 606. The summed E-state index contributed by atoms with van der Waals surface area (Å²) < 4.78 is 10.7. The molecule has 0 radical (unpaired) electrons. The standard InChI is InChI=1S/C15H16N2O3/c1-3-19-15(18)11-7-5-9-17-14(11)20-13-10(2)6-4-8-12(13)16/h4-9H,3,16H2,1-2H3. The molecule has 5 heteroatoms. The number of esters is 1. The highest BCUT2D eigenvalue weighted by Gasteiger charge is 2.16. The van der Waals surface area contributed by atoms with Crippen molar-refractivity contribution < 1.29 is 14.3 Å². The van der Waals surface area contributed by atoms with Gasteiger partial charge in [-0.25, -0.2) is 9.78 Å². The largest absolute Gasteiger partial charge is 0.462 e. The highest BCUT2D eigenvalue weighted by atomic mass is 16.5. The molecule has 5 nitrogen and oxygen atoms in total. The Morgan fingerprint density at radius 2 is 2.10 bits per heavy atom. The summed E-state index contributed by atoms with van der Waals surface area (Å²) in [6, 6.07) is 8.70. The van der Waals surface area contributed by atoms with Crippen molar-refractivity contribution in [3.8, 4) is 11.6 Å². The molecule has 0 amide bonds. The first-order valence-electron chi connectivity index (χ1n) is 6.28. The fraction of sp³-hybridized carbons (Fsp3) is 0.200. The fourth-order valence-corrected chi connectivity index (χ4v) is 1.75. The number of pyridine rings is 1. The predicted molar refractivity (Wildman–Crippen MR) is 75.9 cm³/mol. The van der Waals surface area contributed by atoms with Gasteiger partial charge >= 0.3 is 5.97 Å². The van der Waals surface area contributed by atoms with E-state index in [4.69, 9.17) is 15.2 Å². The first-order chi connectivity index (χ1) is 9.63. The molecule has 0 bridgehead atoms. The number of anilines is 1. The first kappa shape index (κ1) is 13.9. The molecule has 104 valence electrons. The van der Waals surface area contributed by atoms with Gasteiger partial charge < -0.3 is 15.2 Å². The van der Waals surface area contributed by atoms with E-state index in [1.165, 1.54) is 0 Å². The van der Waals surface area contributed by atoms with Gasteiger partial charge in [0.15, 0.2) is 5.75 Å². The Morgan fingerprint density at radius 1 is 1.30 bits per heavy atom.